The molecule has 0 radical (unpaired) electrons. The van der Waals surface area contributed by atoms with Crippen molar-refractivity contribution in [2.24, 2.45) is 11.8 Å². The summed E-state index contributed by atoms with van der Waals surface area (Å²) in [5.74, 6) is -2.31. The van der Waals surface area contributed by atoms with E-state index in [1.165, 1.54) is 0 Å². The Balaban J connectivity index is 2.66. The summed E-state index contributed by atoms with van der Waals surface area (Å²) < 4.78 is 0. The minimum atomic E-state index is -1.14. The molecule has 0 spiro atoms. The van der Waals surface area contributed by atoms with Crippen LogP contribution >= 0.6 is 0 Å². The van der Waals surface area contributed by atoms with Crippen molar-refractivity contribution < 1.29 is 24.9 Å². The van der Waals surface area contributed by atoms with Crippen molar-refractivity contribution in [2.75, 3.05) is 19.7 Å². The van der Waals surface area contributed by atoms with Gasteiger partial charge in [0.05, 0.1) is 5.92 Å². The molecule has 1 saturated heterocycles. The molecule has 6 heteroatoms. The molecule has 1 aliphatic heterocycles. The molecule has 6 nitrogen and oxygen atoms in total. The van der Waals surface area contributed by atoms with Crippen LogP contribution in [0, 0.1) is 11.8 Å². The first kappa shape index (κ1) is 9.79. The van der Waals surface area contributed by atoms with Gasteiger partial charge in [0.25, 0.3) is 0 Å². The molecule has 13 heavy (non-hydrogen) atoms. The third-order valence-corrected chi connectivity index (χ3v) is 2.26. The fourth-order valence-corrected chi connectivity index (χ4v) is 1.49. The van der Waals surface area contributed by atoms with E-state index in [9.17, 15) is 9.59 Å². The molecule has 3 N–H and O–H groups in total. The maximum Gasteiger partial charge on any atom is 0.407 e. The number of aliphatic hydroxyl groups is 1. The highest BCUT2D eigenvalue weighted by Crippen LogP contribution is 2.23. The number of amides is 1. The van der Waals surface area contributed by atoms with Crippen molar-refractivity contribution in [3.05, 3.63) is 0 Å². The maximum atomic E-state index is 10.6. The lowest BCUT2D eigenvalue weighted by Gasteiger charge is -2.09. The highest BCUT2D eigenvalue weighted by Gasteiger charge is 2.39. The standard InChI is InChI=1S/C7H11NO5/c9-3-4-1-8(7(12)13)2-5(4)6(10)11/h4-5,9H,1-3H2,(H,10,11)(H,12,13)/t4-,5-/m1/s1. The lowest BCUT2D eigenvalue weighted by atomic mass is 9.97. The Labute approximate surface area is 74.4 Å². The number of aliphatic carboxylic acids is 1. The minimum Gasteiger partial charge on any atom is -0.481 e. The number of aliphatic hydroxyl groups excluding tert-OH is 1. The van der Waals surface area contributed by atoms with Gasteiger partial charge in [-0.25, -0.2) is 4.79 Å². The molecule has 0 saturated carbocycles. The van der Waals surface area contributed by atoms with Gasteiger partial charge >= 0.3 is 12.1 Å². The van der Waals surface area contributed by atoms with Crippen molar-refractivity contribution >= 4 is 12.1 Å². The fourth-order valence-electron chi connectivity index (χ4n) is 1.49. The third kappa shape index (κ3) is 1.89. The van der Waals surface area contributed by atoms with E-state index in [2.05, 4.69) is 0 Å². The quantitative estimate of drug-likeness (QED) is 0.533. The molecule has 2 atom stereocenters. The number of rotatable bonds is 2. The molecule has 1 fully saturated rings. The first-order valence-corrected chi connectivity index (χ1v) is 3.87. The SMILES string of the molecule is O=C(O)[C@@H]1CN(C(=O)O)C[C@@H]1CO. The Kier molecular flexibility index (Phi) is 2.72. The zero-order valence-corrected chi connectivity index (χ0v) is 6.88. The van der Waals surface area contributed by atoms with Gasteiger partial charge in [0, 0.05) is 25.6 Å². The molecule has 74 valence electrons. The molecule has 0 aromatic heterocycles. The van der Waals surface area contributed by atoms with E-state index in [0.29, 0.717) is 0 Å². The molecule has 1 rings (SSSR count). The van der Waals surface area contributed by atoms with Gasteiger partial charge in [-0.2, -0.15) is 0 Å². The Bertz CT molecular complexity index is 229. The van der Waals surface area contributed by atoms with Gasteiger partial charge in [0.1, 0.15) is 0 Å². The minimum absolute atomic E-state index is 0.0319. The van der Waals surface area contributed by atoms with E-state index in [-0.39, 0.29) is 19.7 Å². The highest BCUT2D eigenvalue weighted by atomic mass is 16.4. The number of carboxylic acid groups (broad SMARTS) is 2. The maximum absolute atomic E-state index is 10.6. The molecule has 0 unspecified atom stereocenters. The molecule has 0 aromatic carbocycles. The normalized spacial score (nSPS) is 27.6. The molecule has 1 aliphatic rings. The van der Waals surface area contributed by atoms with E-state index in [1.807, 2.05) is 0 Å². The van der Waals surface area contributed by atoms with Gasteiger partial charge in [0.15, 0.2) is 0 Å². The highest BCUT2D eigenvalue weighted by molar-refractivity contribution is 5.73. The summed E-state index contributed by atoms with van der Waals surface area (Å²) in [6.45, 7) is -0.223. The van der Waals surface area contributed by atoms with Crippen LogP contribution in [0.25, 0.3) is 0 Å². The molecule has 0 aliphatic carbocycles. The average Bonchev–Trinajstić information content (AvgIpc) is 2.47. The monoisotopic (exact) mass is 189 g/mol. The number of carbonyl (C=O) groups is 2. The molecule has 1 heterocycles. The number of carboxylic acids is 1. The van der Waals surface area contributed by atoms with E-state index in [0.717, 1.165) is 4.90 Å². The van der Waals surface area contributed by atoms with Crippen LogP contribution in [0.5, 0.6) is 0 Å². The first-order chi connectivity index (χ1) is 6.06. The second-order valence-electron chi connectivity index (χ2n) is 3.07. The smallest absolute Gasteiger partial charge is 0.407 e. The topological polar surface area (TPSA) is 98.1 Å². The van der Waals surface area contributed by atoms with Crippen LogP contribution < -0.4 is 0 Å². The molecular formula is C7H11NO5. The van der Waals surface area contributed by atoms with Gasteiger partial charge in [0.2, 0.25) is 0 Å². The van der Waals surface area contributed by atoms with Crippen molar-refractivity contribution in [3.63, 3.8) is 0 Å². The number of nitrogens with zero attached hydrogens (tertiary/aromatic N) is 1. The van der Waals surface area contributed by atoms with E-state index in [4.69, 9.17) is 15.3 Å². The van der Waals surface area contributed by atoms with E-state index in [1.54, 1.807) is 0 Å². The Hall–Kier alpha value is -1.30. The van der Waals surface area contributed by atoms with Crippen molar-refractivity contribution in [3.8, 4) is 0 Å². The van der Waals surface area contributed by atoms with Crippen LogP contribution in [0.15, 0.2) is 0 Å². The number of hydrogen-bond acceptors (Lipinski definition) is 3. The lowest BCUT2D eigenvalue weighted by molar-refractivity contribution is -0.142. The van der Waals surface area contributed by atoms with Crippen LogP contribution in [0.2, 0.25) is 0 Å². The lowest BCUT2D eigenvalue weighted by Crippen LogP contribution is -2.28. The largest absolute Gasteiger partial charge is 0.481 e. The second kappa shape index (κ2) is 3.61. The summed E-state index contributed by atoms with van der Waals surface area (Å²) in [6, 6.07) is 0. The summed E-state index contributed by atoms with van der Waals surface area (Å²) >= 11 is 0. The molecule has 1 amide bonds. The summed E-state index contributed by atoms with van der Waals surface area (Å²) in [6.07, 6.45) is -1.14. The Morgan fingerprint density at radius 2 is 1.92 bits per heavy atom. The van der Waals surface area contributed by atoms with Gasteiger partial charge < -0.3 is 20.2 Å². The summed E-state index contributed by atoms with van der Waals surface area (Å²) in [7, 11) is 0. The van der Waals surface area contributed by atoms with Crippen LogP contribution in [-0.4, -0.2) is 52.0 Å². The first-order valence-electron chi connectivity index (χ1n) is 3.87. The summed E-state index contributed by atoms with van der Waals surface area (Å²) in [5, 5.41) is 26.1. The average molecular weight is 189 g/mol. The van der Waals surface area contributed by atoms with Crippen molar-refractivity contribution in [2.45, 2.75) is 0 Å². The van der Waals surface area contributed by atoms with Crippen molar-refractivity contribution in [1.29, 1.82) is 0 Å². The van der Waals surface area contributed by atoms with Crippen LogP contribution in [0.3, 0.4) is 0 Å². The second-order valence-corrected chi connectivity index (χ2v) is 3.07. The van der Waals surface area contributed by atoms with Crippen molar-refractivity contribution in [1.82, 2.24) is 4.90 Å². The van der Waals surface area contributed by atoms with E-state index >= 15 is 0 Å². The zero-order valence-electron chi connectivity index (χ0n) is 6.88. The van der Waals surface area contributed by atoms with Crippen LogP contribution in [0.1, 0.15) is 0 Å². The Morgan fingerprint density at radius 1 is 1.31 bits per heavy atom. The zero-order chi connectivity index (χ0) is 10.0. The third-order valence-electron chi connectivity index (χ3n) is 2.26. The van der Waals surface area contributed by atoms with Gasteiger partial charge in [-0.1, -0.05) is 0 Å². The van der Waals surface area contributed by atoms with Gasteiger partial charge in [-0.3, -0.25) is 4.79 Å². The Morgan fingerprint density at radius 3 is 2.23 bits per heavy atom. The fraction of sp³-hybridized carbons (Fsp3) is 0.714. The van der Waals surface area contributed by atoms with E-state index < -0.39 is 23.9 Å². The molecular weight excluding hydrogens is 178 g/mol. The van der Waals surface area contributed by atoms with Gasteiger partial charge in [-0.15, -0.1) is 0 Å². The number of hydrogen-bond donors (Lipinski definition) is 3. The van der Waals surface area contributed by atoms with Gasteiger partial charge in [-0.05, 0) is 0 Å². The summed E-state index contributed by atoms with van der Waals surface area (Å²) in [5.41, 5.74) is 0. The summed E-state index contributed by atoms with van der Waals surface area (Å²) in [4.78, 5) is 22.1. The van der Waals surface area contributed by atoms with Crippen LogP contribution in [0.4, 0.5) is 4.79 Å². The predicted molar refractivity (Wildman–Crippen MR) is 41.3 cm³/mol. The molecule has 0 aromatic rings. The molecule has 0 bridgehead atoms. The number of likely N-dealkylation sites (tertiary alicyclic amines) is 1. The van der Waals surface area contributed by atoms with Crippen LogP contribution in [-0.2, 0) is 4.79 Å². The predicted octanol–water partition coefficient (Wildman–Crippen LogP) is -0.711.